The molecule has 100 valence electrons. The van der Waals surface area contributed by atoms with Gasteiger partial charge in [0.1, 0.15) is 0 Å². The number of nitrogens with one attached hydrogen (secondary N) is 1. The van der Waals surface area contributed by atoms with Crippen molar-refractivity contribution in [2.24, 2.45) is 5.41 Å². The van der Waals surface area contributed by atoms with Crippen LogP contribution in [0.15, 0.2) is 0 Å². The van der Waals surface area contributed by atoms with Gasteiger partial charge in [-0.2, -0.15) is 0 Å². The van der Waals surface area contributed by atoms with Gasteiger partial charge < -0.3 is 10.1 Å². The van der Waals surface area contributed by atoms with Crippen molar-refractivity contribution < 1.29 is 4.74 Å². The Morgan fingerprint density at radius 3 is 2.59 bits per heavy atom. The third-order valence-electron chi connectivity index (χ3n) is 4.93. The molecule has 0 aliphatic heterocycles. The molecule has 0 amide bonds. The Morgan fingerprint density at radius 2 is 2.00 bits per heavy atom. The maximum Gasteiger partial charge on any atom is 0.0664 e. The number of hydrogen-bond acceptors (Lipinski definition) is 2. The quantitative estimate of drug-likeness (QED) is 0.766. The summed E-state index contributed by atoms with van der Waals surface area (Å²) in [5.41, 5.74) is 0.499. The Bertz CT molecular complexity index is 235. The van der Waals surface area contributed by atoms with Gasteiger partial charge in [-0.15, -0.1) is 0 Å². The topological polar surface area (TPSA) is 21.3 Å². The molecule has 2 saturated carbocycles. The second-order valence-electron chi connectivity index (χ2n) is 6.03. The van der Waals surface area contributed by atoms with Gasteiger partial charge in [-0.3, -0.25) is 0 Å². The first-order valence-electron chi connectivity index (χ1n) is 7.61. The zero-order valence-electron chi connectivity index (χ0n) is 11.8. The van der Waals surface area contributed by atoms with Gasteiger partial charge in [0, 0.05) is 11.5 Å². The molecule has 2 rings (SSSR count). The molecule has 0 heterocycles. The van der Waals surface area contributed by atoms with Gasteiger partial charge in [0.15, 0.2) is 0 Å². The van der Waals surface area contributed by atoms with Crippen LogP contribution in [-0.4, -0.2) is 24.8 Å². The zero-order valence-corrected chi connectivity index (χ0v) is 11.8. The minimum absolute atomic E-state index is 0.435. The molecule has 3 unspecified atom stereocenters. The van der Waals surface area contributed by atoms with E-state index in [2.05, 4.69) is 26.1 Å². The third kappa shape index (κ3) is 2.53. The molecule has 1 N–H and O–H groups in total. The van der Waals surface area contributed by atoms with E-state index in [1.807, 2.05) is 0 Å². The van der Waals surface area contributed by atoms with Crippen LogP contribution in [0.1, 0.15) is 65.7 Å². The molecule has 2 heteroatoms. The fourth-order valence-corrected chi connectivity index (χ4v) is 3.62. The SMILES string of the molecule is CCCNC1CC(OC(C)CC)C12CCCC2. The van der Waals surface area contributed by atoms with Gasteiger partial charge in [-0.05, 0) is 45.6 Å². The summed E-state index contributed by atoms with van der Waals surface area (Å²) in [4.78, 5) is 0. The van der Waals surface area contributed by atoms with E-state index in [1.54, 1.807) is 0 Å². The summed E-state index contributed by atoms with van der Waals surface area (Å²) >= 11 is 0. The van der Waals surface area contributed by atoms with Gasteiger partial charge in [0.25, 0.3) is 0 Å². The highest BCUT2D eigenvalue weighted by atomic mass is 16.5. The van der Waals surface area contributed by atoms with Crippen LogP contribution in [0.2, 0.25) is 0 Å². The van der Waals surface area contributed by atoms with E-state index in [-0.39, 0.29) is 0 Å². The van der Waals surface area contributed by atoms with Crippen molar-refractivity contribution in [2.75, 3.05) is 6.54 Å². The van der Waals surface area contributed by atoms with E-state index in [0.29, 0.717) is 17.6 Å². The Balaban J connectivity index is 1.91. The molecule has 0 bridgehead atoms. The van der Waals surface area contributed by atoms with Crippen LogP contribution in [0.4, 0.5) is 0 Å². The van der Waals surface area contributed by atoms with Crippen LogP contribution < -0.4 is 5.32 Å². The minimum Gasteiger partial charge on any atom is -0.375 e. The third-order valence-corrected chi connectivity index (χ3v) is 4.93. The second kappa shape index (κ2) is 5.71. The fraction of sp³-hybridized carbons (Fsp3) is 1.00. The van der Waals surface area contributed by atoms with Gasteiger partial charge in [0.2, 0.25) is 0 Å². The fourth-order valence-electron chi connectivity index (χ4n) is 3.62. The molecule has 0 saturated heterocycles. The summed E-state index contributed by atoms with van der Waals surface area (Å²) < 4.78 is 6.24. The molecular weight excluding hydrogens is 210 g/mol. The summed E-state index contributed by atoms with van der Waals surface area (Å²) in [7, 11) is 0. The molecule has 2 fully saturated rings. The Morgan fingerprint density at radius 1 is 1.29 bits per heavy atom. The number of hydrogen-bond donors (Lipinski definition) is 1. The largest absolute Gasteiger partial charge is 0.375 e. The van der Waals surface area contributed by atoms with Gasteiger partial charge in [-0.25, -0.2) is 0 Å². The van der Waals surface area contributed by atoms with Gasteiger partial charge in [0.05, 0.1) is 12.2 Å². The lowest BCUT2D eigenvalue weighted by Gasteiger charge is -2.55. The summed E-state index contributed by atoms with van der Waals surface area (Å²) in [6, 6.07) is 0.735. The van der Waals surface area contributed by atoms with E-state index in [9.17, 15) is 0 Å². The van der Waals surface area contributed by atoms with Crippen LogP contribution in [0.25, 0.3) is 0 Å². The first-order chi connectivity index (χ1) is 8.23. The molecule has 0 aromatic rings. The predicted octanol–water partition coefficient (Wildman–Crippen LogP) is 3.50. The van der Waals surface area contributed by atoms with Gasteiger partial charge in [-0.1, -0.05) is 26.7 Å². The Hall–Kier alpha value is -0.0800. The van der Waals surface area contributed by atoms with Crippen LogP contribution in [-0.2, 0) is 4.74 Å². The normalized spacial score (nSPS) is 32.6. The average molecular weight is 239 g/mol. The standard InChI is InChI=1S/C15H29NO/c1-4-10-16-13-11-14(17-12(3)5-2)15(13)8-6-7-9-15/h12-14,16H,4-11H2,1-3H3. The van der Waals surface area contributed by atoms with E-state index in [1.165, 1.54) is 45.1 Å². The molecule has 17 heavy (non-hydrogen) atoms. The lowest BCUT2D eigenvalue weighted by Crippen LogP contribution is -2.63. The van der Waals surface area contributed by atoms with Crippen molar-refractivity contribution in [2.45, 2.75) is 84.0 Å². The maximum atomic E-state index is 6.24. The van der Waals surface area contributed by atoms with Crippen molar-refractivity contribution >= 4 is 0 Å². The molecule has 0 radical (unpaired) electrons. The summed E-state index contributed by atoms with van der Waals surface area (Å²) in [6.45, 7) is 7.86. The predicted molar refractivity (Wildman–Crippen MR) is 72.2 cm³/mol. The zero-order chi connectivity index (χ0) is 12.3. The highest BCUT2D eigenvalue weighted by molar-refractivity contribution is 5.10. The average Bonchev–Trinajstić information content (AvgIpc) is 2.84. The first-order valence-corrected chi connectivity index (χ1v) is 7.61. The lowest BCUT2D eigenvalue weighted by atomic mass is 9.60. The monoisotopic (exact) mass is 239 g/mol. The van der Waals surface area contributed by atoms with E-state index < -0.39 is 0 Å². The molecule has 3 atom stereocenters. The Labute approximate surface area is 107 Å². The molecule has 2 aliphatic carbocycles. The van der Waals surface area contributed by atoms with E-state index >= 15 is 0 Å². The smallest absolute Gasteiger partial charge is 0.0664 e. The summed E-state index contributed by atoms with van der Waals surface area (Å²) in [6.07, 6.45) is 10.2. The van der Waals surface area contributed by atoms with Crippen molar-refractivity contribution in [1.29, 1.82) is 0 Å². The van der Waals surface area contributed by atoms with Crippen molar-refractivity contribution in [1.82, 2.24) is 5.32 Å². The van der Waals surface area contributed by atoms with E-state index in [4.69, 9.17) is 4.74 Å². The molecule has 2 aliphatic rings. The molecule has 0 aromatic heterocycles. The second-order valence-corrected chi connectivity index (χ2v) is 6.03. The number of ether oxygens (including phenoxy) is 1. The van der Waals surface area contributed by atoms with Crippen molar-refractivity contribution in [3.8, 4) is 0 Å². The highest BCUT2D eigenvalue weighted by Gasteiger charge is 2.56. The van der Waals surface area contributed by atoms with Crippen LogP contribution in [0.3, 0.4) is 0 Å². The lowest BCUT2D eigenvalue weighted by molar-refractivity contribution is -0.157. The van der Waals surface area contributed by atoms with Crippen LogP contribution in [0.5, 0.6) is 0 Å². The maximum absolute atomic E-state index is 6.24. The molecule has 2 nitrogen and oxygen atoms in total. The molecular formula is C15H29NO. The highest BCUT2D eigenvalue weighted by Crippen LogP contribution is 2.55. The van der Waals surface area contributed by atoms with Crippen LogP contribution >= 0.6 is 0 Å². The first kappa shape index (κ1) is 13.4. The summed E-state index contributed by atoms with van der Waals surface area (Å²) in [5, 5.41) is 3.74. The Kier molecular flexibility index (Phi) is 4.48. The number of rotatable bonds is 6. The summed E-state index contributed by atoms with van der Waals surface area (Å²) in [5.74, 6) is 0. The van der Waals surface area contributed by atoms with Crippen LogP contribution in [0, 0.1) is 5.41 Å². The van der Waals surface area contributed by atoms with E-state index in [0.717, 1.165) is 12.5 Å². The minimum atomic E-state index is 0.435. The molecule has 0 aromatic carbocycles. The van der Waals surface area contributed by atoms with Crippen molar-refractivity contribution in [3.05, 3.63) is 0 Å². The molecule has 1 spiro atoms. The van der Waals surface area contributed by atoms with Gasteiger partial charge >= 0.3 is 0 Å². The van der Waals surface area contributed by atoms with Crippen molar-refractivity contribution in [3.63, 3.8) is 0 Å².